The van der Waals surface area contributed by atoms with E-state index < -0.39 is 17.9 Å². The second kappa shape index (κ2) is 10.2. The molecule has 1 aliphatic carbocycles. The van der Waals surface area contributed by atoms with Crippen LogP contribution in [0.25, 0.3) is 0 Å². The Balaban J connectivity index is 2.05. The van der Waals surface area contributed by atoms with Crippen LogP contribution in [0, 0.1) is 5.92 Å². The molecule has 0 bridgehead atoms. The van der Waals surface area contributed by atoms with E-state index in [0.717, 1.165) is 5.56 Å². The van der Waals surface area contributed by atoms with Crippen LogP contribution in [0.3, 0.4) is 0 Å². The molecule has 0 aliphatic heterocycles. The minimum atomic E-state index is -0.886. The Morgan fingerprint density at radius 1 is 0.920 bits per heavy atom. The molecule has 2 rings (SSSR count). The second-order valence-electron chi connectivity index (χ2n) is 6.69. The van der Waals surface area contributed by atoms with Crippen LogP contribution in [0.4, 0.5) is 0 Å². The van der Waals surface area contributed by atoms with Crippen LogP contribution in [0.5, 0.6) is 0 Å². The van der Waals surface area contributed by atoms with Crippen LogP contribution in [0.15, 0.2) is 24.3 Å². The molecule has 0 saturated heterocycles. The van der Waals surface area contributed by atoms with Crippen molar-refractivity contribution in [2.75, 3.05) is 13.2 Å². The number of ether oxygens (including phenoxy) is 2. The lowest BCUT2D eigenvalue weighted by Crippen LogP contribution is -2.30. The molecule has 0 radical (unpaired) electrons. The predicted octanol–water partition coefficient (Wildman–Crippen LogP) is 4.41. The highest BCUT2D eigenvalue weighted by molar-refractivity contribution is 5.95. The fourth-order valence-corrected chi connectivity index (χ4v) is 3.52. The van der Waals surface area contributed by atoms with Crippen molar-refractivity contribution in [3.05, 3.63) is 35.4 Å². The Labute approximate surface area is 150 Å². The van der Waals surface area contributed by atoms with Crippen LogP contribution >= 0.6 is 0 Å². The summed E-state index contributed by atoms with van der Waals surface area (Å²) >= 11 is 0. The molecule has 1 fully saturated rings. The van der Waals surface area contributed by atoms with Crippen LogP contribution < -0.4 is 0 Å². The van der Waals surface area contributed by atoms with Gasteiger partial charge in [-0.15, -0.1) is 0 Å². The summed E-state index contributed by atoms with van der Waals surface area (Å²) < 4.78 is 10.1. The molecular formula is C21H30O4. The summed E-state index contributed by atoms with van der Waals surface area (Å²) in [5, 5.41) is 0. The normalized spacial score (nSPS) is 15.6. The van der Waals surface area contributed by atoms with Gasteiger partial charge in [0, 0.05) is 0 Å². The fraction of sp³-hybridized carbons (Fsp3) is 0.619. The minimum Gasteiger partial charge on any atom is -0.465 e. The van der Waals surface area contributed by atoms with Gasteiger partial charge in [0.2, 0.25) is 0 Å². The molecule has 0 atom stereocenters. The largest absolute Gasteiger partial charge is 0.465 e. The zero-order chi connectivity index (χ0) is 18.1. The number of carbonyl (C=O) groups is 2. The van der Waals surface area contributed by atoms with E-state index in [1.807, 2.05) is 12.1 Å². The van der Waals surface area contributed by atoms with E-state index >= 15 is 0 Å². The van der Waals surface area contributed by atoms with Crippen molar-refractivity contribution in [2.45, 2.75) is 64.7 Å². The van der Waals surface area contributed by atoms with Gasteiger partial charge in [-0.1, -0.05) is 49.9 Å². The van der Waals surface area contributed by atoms with Crippen molar-refractivity contribution in [3.63, 3.8) is 0 Å². The molecule has 0 aromatic heterocycles. The molecule has 1 aromatic rings. The zero-order valence-electron chi connectivity index (χ0n) is 15.5. The predicted molar refractivity (Wildman–Crippen MR) is 97.3 cm³/mol. The van der Waals surface area contributed by atoms with E-state index in [9.17, 15) is 9.59 Å². The van der Waals surface area contributed by atoms with E-state index in [0.29, 0.717) is 12.3 Å². The lowest BCUT2D eigenvalue weighted by atomic mass is 9.90. The SMILES string of the molecule is CCOC(=O)C(Cc1ccc(C2CCCCCC2)cc1)C(=O)OCC. The Kier molecular flexibility index (Phi) is 7.96. The van der Waals surface area contributed by atoms with Gasteiger partial charge in [0.25, 0.3) is 0 Å². The fourth-order valence-electron chi connectivity index (χ4n) is 3.52. The molecule has 25 heavy (non-hydrogen) atoms. The first-order valence-corrected chi connectivity index (χ1v) is 9.57. The van der Waals surface area contributed by atoms with Gasteiger partial charge in [0.15, 0.2) is 5.92 Å². The number of hydrogen-bond acceptors (Lipinski definition) is 4. The third kappa shape index (κ3) is 5.87. The first-order valence-electron chi connectivity index (χ1n) is 9.57. The van der Waals surface area contributed by atoms with E-state index in [2.05, 4.69) is 12.1 Å². The molecule has 0 heterocycles. The molecule has 0 amide bonds. The van der Waals surface area contributed by atoms with E-state index in [1.54, 1.807) is 13.8 Å². The molecule has 1 aromatic carbocycles. The van der Waals surface area contributed by atoms with E-state index in [-0.39, 0.29) is 13.2 Å². The van der Waals surface area contributed by atoms with Crippen molar-refractivity contribution in [2.24, 2.45) is 5.92 Å². The second-order valence-corrected chi connectivity index (χ2v) is 6.69. The molecule has 4 nitrogen and oxygen atoms in total. The smallest absolute Gasteiger partial charge is 0.320 e. The van der Waals surface area contributed by atoms with Gasteiger partial charge in [-0.05, 0) is 50.2 Å². The highest BCUT2D eigenvalue weighted by Crippen LogP contribution is 2.31. The maximum Gasteiger partial charge on any atom is 0.320 e. The molecule has 138 valence electrons. The summed E-state index contributed by atoms with van der Waals surface area (Å²) in [5.41, 5.74) is 2.33. The van der Waals surface area contributed by atoms with Gasteiger partial charge in [-0.2, -0.15) is 0 Å². The molecular weight excluding hydrogens is 316 g/mol. The summed E-state index contributed by atoms with van der Waals surface area (Å²) in [6.45, 7) is 3.99. The lowest BCUT2D eigenvalue weighted by molar-refractivity contribution is -0.161. The first kappa shape index (κ1) is 19.5. The van der Waals surface area contributed by atoms with Gasteiger partial charge in [-0.25, -0.2) is 0 Å². The summed E-state index contributed by atoms with van der Waals surface area (Å²) in [7, 11) is 0. The Morgan fingerprint density at radius 3 is 1.92 bits per heavy atom. The van der Waals surface area contributed by atoms with Gasteiger partial charge >= 0.3 is 11.9 Å². The molecule has 1 saturated carbocycles. The number of esters is 2. The van der Waals surface area contributed by atoms with Crippen molar-refractivity contribution < 1.29 is 19.1 Å². The highest BCUT2D eigenvalue weighted by Gasteiger charge is 2.29. The van der Waals surface area contributed by atoms with Gasteiger partial charge in [0.1, 0.15) is 0 Å². The Morgan fingerprint density at radius 2 is 1.44 bits per heavy atom. The van der Waals surface area contributed by atoms with Gasteiger partial charge in [0.05, 0.1) is 13.2 Å². The zero-order valence-corrected chi connectivity index (χ0v) is 15.5. The maximum absolute atomic E-state index is 12.1. The third-order valence-electron chi connectivity index (χ3n) is 4.89. The standard InChI is InChI=1S/C21H30O4/c1-3-24-20(22)19(21(23)25-4-2)15-16-11-13-18(14-12-16)17-9-7-5-6-8-10-17/h11-14,17,19H,3-10,15H2,1-2H3. The topological polar surface area (TPSA) is 52.6 Å². The minimum absolute atomic E-state index is 0.259. The van der Waals surface area contributed by atoms with Crippen molar-refractivity contribution in [1.82, 2.24) is 0 Å². The summed E-state index contributed by atoms with van der Waals surface area (Å²) in [6.07, 6.45) is 8.13. The number of carbonyl (C=O) groups excluding carboxylic acids is 2. The average molecular weight is 346 g/mol. The summed E-state index contributed by atoms with van der Waals surface area (Å²) in [5.74, 6) is -1.26. The van der Waals surface area contributed by atoms with Gasteiger partial charge < -0.3 is 9.47 Å². The van der Waals surface area contributed by atoms with Gasteiger partial charge in [-0.3, -0.25) is 9.59 Å². The van der Waals surface area contributed by atoms with Crippen LogP contribution in [-0.4, -0.2) is 25.2 Å². The van der Waals surface area contributed by atoms with E-state index in [4.69, 9.17) is 9.47 Å². The Bertz CT molecular complexity index is 524. The van der Waals surface area contributed by atoms with Crippen molar-refractivity contribution in [1.29, 1.82) is 0 Å². The molecule has 0 spiro atoms. The van der Waals surface area contributed by atoms with Crippen molar-refractivity contribution in [3.8, 4) is 0 Å². The molecule has 1 aliphatic rings. The Hall–Kier alpha value is -1.84. The molecule has 0 unspecified atom stereocenters. The number of rotatable bonds is 7. The van der Waals surface area contributed by atoms with Crippen LogP contribution in [0.2, 0.25) is 0 Å². The third-order valence-corrected chi connectivity index (χ3v) is 4.89. The van der Waals surface area contributed by atoms with E-state index in [1.165, 1.54) is 44.1 Å². The number of benzene rings is 1. The monoisotopic (exact) mass is 346 g/mol. The number of hydrogen-bond donors (Lipinski definition) is 0. The average Bonchev–Trinajstić information content (AvgIpc) is 2.90. The summed E-state index contributed by atoms with van der Waals surface area (Å²) in [4.78, 5) is 24.2. The van der Waals surface area contributed by atoms with Crippen molar-refractivity contribution >= 4 is 11.9 Å². The van der Waals surface area contributed by atoms with Crippen LogP contribution in [-0.2, 0) is 25.5 Å². The summed E-state index contributed by atoms with van der Waals surface area (Å²) in [6, 6.07) is 8.37. The highest BCUT2D eigenvalue weighted by atomic mass is 16.6. The quantitative estimate of drug-likeness (QED) is 0.417. The lowest BCUT2D eigenvalue weighted by Gasteiger charge is -2.17. The van der Waals surface area contributed by atoms with Crippen LogP contribution in [0.1, 0.15) is 69.4 Å². The molecule has 0 N–H and O–H groups in total. The first-order chi connectivity index (χ1) is 12.2. The maximum atomic E-state index is 12.1. The molecule has 4 heteroatoms.